The average molecular weight is 476 g/mol. The van der Waals surface area contributed by atoms with Gasteiger partial charge in [0, 0.05) is 40.3 Å². The molecule has 2 aromatic heterocycles. The molecule has 0 saturated heterocycles. The standard InChI is InChI=1S/C28H27ClFN3O/c1-16-21(8-6-14-34-25-9-5-7-19-15-20(30)10-11-22(19)25)23-12-13-24(29)27(28(23)31-16)26-17(2)32-33(4)18(26)3/h5,7,9-13,15,31H,6,8,14H2,1-4H3. The van der Waals surface area contributed by atoms with Gasteiger partial charge in [-0.15, -0.1) is 0 Å². The second-order valence-electron chi connectivity index (χ2n) is 8.82. The zero-order valence-electron chi connectivity index (χ0n) is 19.8. The van der Waals surface area contributed by atoms with E-state index in [0.29, 0.717) is 6.61 Å². The summed E-state index contributed by atoms with van der Waals surface area (Å²) in [5.74, 6) is 0.542. The van der Waals surface area contributed by atoms with Gasteiger partial charge in [0.2, 0.25) is 0 Å². The fraction of sp³-hybridized carbons (Fsp3) is 0.250. The number of aromatic amines is 1. The highest BCUT2D eigenvalue weighted by Crippen LogP contribution is 2.40. The average Bonchev–Trinajstić information content (AvgIpc) is 3.25. The molecule has 0 spiro atoms. The van der Waals surface area contributed by atoms with Gasteiger partial charge in [0.1, 0.15) is 11.6 Å². The number of aryl methyl sites for hydroxylation is 4. The predicted molar refractivity (Wildman–Crippen MR) is 137 cm³/mol. The molecule has 6 heteroatoms. The Morgan fingerprint density at radius 2 is 1.82 bits per heavy atom. The van der Waals surface area contributed by atoms with Gasteiger partial charge in [-0.3, -0.25) is 4.68 Å². The molecular weight excluding hydrogens is 449 g/mol. The van der Waals surface area contributed by atoms with E-state index < -0.39 is 0 Å². The van der Waals surface area contributed by atoms with Gasteiger partial charge in [0.15, 0.2) is 0 Å². The summed E-state index contributed by atoms with van der Waals surface area (Å²) in [6.07, 6.45) is 1.73. The molecule has 0 aliphatic carbocycles. The molecular formula is C28H27ClFN3O. The van der Waals surface area contributed by atoms with Crippen LogP contribution in [0.2, 0.25) is 5.02 Å². The summed E-state index contributed by atoms with van der Waals surface area (Å²) >= 11 is 6.70. The van der Waals surface area contributed by atoms with E-state index in [4.69, 9.17) is 16.3 Å². The van der Waals surface area contributed by atoms with Crippen molar-refractivity contribution in [3.05, 3.63) is 82.0 Å². The number of ether oxygens (including phenoxy) is 1. The molecule has 0 bridgehead atoms. The van der Waals surface area contributed by atoms with Crippen molar-refractivity contribution in [3.63, 3.8) is 0 Å². The summed E-state index contributed by atoms with van der Waals surface area (Å²) in [7, 11) is 1.96. The fourth-order valence-corrected chi connectivity index (χ4v) is 5.16. The number of hydrogen-bond acceptors (Lipinski definition) is 2. The van der Waals surface area contributed by atoms with Crippen LogP contribution in [0.15, 0.2) is 48.5 Å². The third-order valence-electron chi connectivity index (χ3n) is 6.63. The molecule has 0 fully saturated rings. The van der Waals surface area contributed by atoms with Gasteiger partial charge in [0.25, 0.3) is 0 Å². The van der Waals surface area contributed by atoms with Crippen LogP contribution in [0.1, 0.15) is 29.1 Å². The number of benzene rings is 3. The predicted octanol–water partition coefficient (Wildman–Crippen LogP) is 7.45. The van der Waals surface area contributed by atoms with E-state index in [1.54, 1.807) is 6.07 Å². The van der Waals surface area contributed by atoms with Crippen LogP contribution in [0.4, 0.5) is 4.39 Å². The van der Waals surface area contributed by atoms with Crippen LogP contribution in [-0.2, 0) is 13.5 Å². The van der Waals surface area contributed by atoms with E-state index in [-0.39, 0.29) is 5.82 Å². The van der Waals surface area contributed by atoms with E-state index in [1.165, 1.54) is 23.1 Å². The molecule has 1 N–H and O–H groups in total. The molecule has 0 amide bonds. The van der Waals surface area contributed by atoms with Gasteiger partial charge in [-0.25, -0.2) is 4.39 Å². The van der Waals surface area contributed by atoms with Crippen LogP contribution in [0.25, 0.3) is 32.8 Å². The Labute approximate surface area is 203 Å². The molecule has 0 aliphatic rings. The molecule has 0 aliphatic heterocycles. The summed E-state index contributed by atoms with van der Waals surface area (Å²) in [5, 5.41) is 8.25. The number of halogens is 2. The molecule has 0 saturated carbocycles. The third kappa shape index (κ3) is 3.84. The van der Waals surface area contributed by atoms with Crippen LogP contribution < -0.4 is 4.74 Å². The van der Waals surface area contributed by atoms with Gasteiger partial charge >= 0.3 is 0 Å². The lowest BCUT2D eigenvalue weighted by Gasteiger charge is -2.10. The highest BCUT2D eigenvalue weighted by atomic mass is 35.5. The summed E-state index contributed by atoms with van der Waals surface area (Å²) in [6.45, 7) is 6.77. The van der Waals surface area contributed by atoms with Gasteiger partial charge in [-0.2, -0.15) is 5.10 Å². The number of nitrogens with one attached hydrogen (secondary N) is 1. The van der Waals surface area contributed by atoms with Crippen LogP contribution in [0.3, 0.4) is 0 Å². The van der Waals surface area contributed by atoms with E-state index in [9.17, 15) is 4.39 Å². The van der Waals surface area contributed by atoms with Gasteiger partial charge in [-0.05, 0) is 74.9 Å². The van der Waals surface area contributed by atoms with Gasteiger partial charge in [0.05, 0.1) is 22.8 Å². The maximum atomic E-state index is 13.5. The van der Waals surface area contributed by atoms with E-state index in [0.717, 1.165) is 68.1 Å². The molecule has 5 aromatic rings. The minimum absolute atomic E-state index is 0.240. The minimum atomic E-state index is -0.240. The number of fused-ring (bicyclic) bond motifs is 2. The van der Waals surface area contributed by atoms with E-state index >= 15 is 0 Å². The van der Waals surface area contributed by atoms with Crippen molar-refractivity contribution in [1.29, 1.82) is 0 Å². The molecule has 0 radical (unpaired) electrons. The highest BCUT2D eigenvalue weighted by molar-refractivity contribution is 6.35. The second-order valence-corrected chi connectivity index (χ2v) is 9.22. The molecule has 34 heavy (non-hydrogen) atoms. The van der Waals surface area contributed by atoms with Crippen LogP contribution in [0, 0.1) is 26.6 Å². The normalized spacial score (nSPS) is 11.6. The molecule has 0 unspecified atom stereocenters. The zero-order chi connectivity index (χ0) is 24.0. The first-order valence-electron chi connectivity index (χ1n) is 11.5. The minimum Gasteiger partial charge on any atom is -0.493 e. The lowest BCUT2D eigenvalue weighted by atomic mass is 9.98. The summed E-state index contributed by atoms with van der Waals surface area (Å²) in [4.78, 5) is 3.59. The van der Waals surface area contributed by atoms with Crippen LogP contribution in [0.5, 0.6) is 5.75 Å². The maximum absolute atomic E-state index is 13.5. The first-order chi connectivity index (χ1) is 16.3. The molecule has 2 heterocycles. The zero-order valence-corrected chi connectivity index (χ0v) is 20.6. The molecule has 0 atom stereocenters. The van der Waals surface area contributed by atoms with Crippen molar-refractivity contribution in [2.45, 2.75) is 33.6 Å². The van der Waals surface area contributed by atoms with Gasteiger partial charge in [-0.1, -0.05) is 29.8 Å². The summed E-state index contributed by atoms with van der Waals surface area (Å²) in [5.41, 5.74) is 7.61. The number of nitrogens with zero attached hydrogens (tertiary/aromatic N) is 2. The van der Waals surface area contributed by atoms with Crippen LogP contribution >= 0.6 is 11.6 Å². The SMILES string of the molecule is Cc1nn(C)c(C)c1-c1c(Cl)ccc2c(CCCOc3cccc4cc(F)ccc34)c(C)[nH]c12. The topological polar surface area (TPSA) is 42.8 Å². The number of rotatable bonds is 6. The van der Waals surface area contributed by atoms with Crippen molar-refractivity contribution in [2.75, 3.05) is 6.61 Å². The first kappa shape index (κ1) is 22.5. The van der Waals surface area contributed by atoms with Crippen molar-refractivity contribution in [2.24, 2.45) is 7.05 Å². The molecule has 3 aromatic carbocycles. The summed E-state index contributed by atoms with van der Waals surface area (Å²) in [6, 6.07) is 14.6. The molecule has 174 valence electrons. The highest BCUT2D eigenvalue weighted by Gasteiger charge is 2.20. The number of aromatic nitrogens is 3. The first-order valence-corrected chi connectivity index (χ1v) is 11.8. The van der Waals surface area contributed by atoms with Crippen molar-refractivity contribution in [3.8, 4) is 16.9 Å². The smallest absolute Gasteiger partial charge is 0.127 e. The molecule has 5 rings (SSSR count). The molecule has 4 nitrogen and oxygen atoms in total. The van der Waals surface area contributed by atoms with Gasteiger partial charge < -0.3 is 9.72 Å². The lowest BCUT2D eigenvalue weighted by Crippen LogP contribution is -2.00. The summed E-state index contributed by atoms with van der Waals surface area (Å²) < 4.78 is 21.5. The third-order valence-corrected chi connectivity index (χ3v) is 6.95. The number of H-pyrrole nitrogens is 1. The Kier molecular flexibility index (Phi) is 5.82. The Balaban J connectivity index is 1.40. The van der Waals surface area contributed by atoms with E-state index in [1.807, 2.05) is 42.9 Å². The Morgan fingerprint density at radius 3 is 2.59 bits per heavy atom. The largest absolute Gasteiger partial charge is 0.493 e. The van der Waals surface area contributed by atoms with Crippen LogP contribution in [-0.4, -0.2) is 21.4 Å². The maximum Gasteiger partial charge on any atom is 0.127 e. The monoisotopic (exact) mass is 475 g/mol. The van der Waals surface area contributed by atoms with Crippen molar-refractivity contribution in [1.82, 2.24) is 14.8 Å². The Bertz CT molecular complexity index is 1530. The van der Waals surface area contributed by atoms with Crippen molar-refractivity contribution < 1.29 is 9.13 Å². The van der Waals surface area contributed by atoms with Crippen molar-refractivity contribution >= 4 is 33.3 Å². The number of hydrogen-bond donors (Lipinski definition) is 1. The Hall–Kier alpha value is -3.31. The second kappa shape index (κ2) is 8.80. The Morgan fingerprint density at radius 1 is 1.03 bits per heavy atom. The fourth-order valence-electron chi connectivity index (χ4n) is 4.91. The quantitative estimate of drug-likeness (QED) is 0.259. The van der Waals surface area contributed by atoms with E-state index in [2.05, 4.69) is 30.0 Å². The lowest BCUT2D eigenvalue weighted by molar-refractivity contribution is 0.314.